The average molecular weight is 324 g/mol. The lowest BCUT2D eigenvalue weighted by molar-refractivity contribution is -0.121. The largest absolute Gasteiger partial charge is 0.495 e. The van der Waals surface area contributed by atoms with Gasteiger partial charge in [0.1, 0.15) is 10.6 Å². The molecule has 1 N–H and O–H groups in total. The highest BCUT2D eigenvalue weighted by molar-refractivity contribution is 7.89. The molecule has 1 fully saturated rings. The molecule has 0 saturated carbocycles. The number of nitrogens with one attached hydrogen (secondary N) is 1. The van der Waals surface area contributed by atoms with Crippen LogP contribution in [0.5, 0.6) is 5.75 Å². The average Bonchev–Trinajstić information content (AvgIpc) is 2.83. The van der Waals surface area contributed by atoms with Crippen LogP contribution in [0.3, 0.4) is 0 Å². The van der Waals surface area contributed by atoms with Crippen LogP contribution in [0.4, 0.5) is 5.69 Å². The summed E-state index contributed by atoms with van der Waals surface area (Å²) in [7, 11) is -2.51. The quantitative estimate of drug-likeness (QED) is 0.617. The fourth-order valence-electron chi connectivity index (χ4n) is 2.13. The zero-order chi connectivity index (χ0) is 16.3. The second-order valence-corrected chi connectivity index (χ2v) is 6.33. The minimum Gasteiger partial charge on any atom is -0.495 e. The fraction of sp³-hybridized carbons (Fsp3) is 0.286. The molecule has 1 aromatic rings. The molecule has 1 aliphatic rings. The van der Waals surface area contributed by atoms with Crippen molar-refractivity contribution in [1.82, 2.24) is 4.72 Å². The number of carbonyl (C=O) groups excluding carboxylic acids is 2. The lowest BCUT2D eigenvalue weighted by Gasteiger charge is -2.17. The number of nitrogens with zero attached hydrogens (tertiary/aromatic N) is 1. The minimum atomic E-state index is -3.85. The Morgan fingerprint density at radius 3 is 2.50 bits per heavy atom. The second kappa shape index (κ2) is 6.29. The molecule has 0 unspecified atom stereocenters. The molecule has 8 heteroatoms. The number of anilines is 1. The first-order chi connectivity index (χ1) is 10.4. The molecule has 22 heavy (non-hydrogen) atoms. The summed E-state index contributed by atoms with van der Waals surface area (Å²) in [6.07, 6.45) is 1.66. The number of methoxy groups -OCH3 is 1. The SMILES string of the molecule is C=CCNS(=O)(=O)c1cc(N2C(=O)CCC2=O)ccc1OC. The van der Waals surface area contributed by atoms with E-state index in [9.17, 15) is 18.0 Å². The summed E-state index contributed by atoms with van der Waals surface area (Å²) in [4.78, 5) is 24.4. The Bertz CT molecular complexity index is 711. The number of benzene rings is 1. The van der Waals surface area contributed by atoms with E-state index in [0.717, 1.165) is 4.90 Å². The lowest BCUT2D eigenvalue weighted by Crippen LogP contribution is -2.29. The predicted octanol–water partition coefficient (Wildman–Crippen LogP) is 0.813. The van der Waals surface area contributed by atoms with Gasteiger partial charge < -0.3 is 4.74 Å². The molecule has 0 aliphatic carbocycles. The van der Waals surface area contributed by atoms with Crippen molar-refractivity contribution in [3.63, 3.8) is 0 Å². The van der Waals surface area contributed by atoms with Crippen LogP contribution >= 0.6 is 0 Å². The molecular weight excluding hydrogens is 308 g/mol. The molecule has 0 atom stereocenters. The van der Waals surface area contributed by atoms with E-state index in [2.05, 4.69) is 11.3 Å². The van der Waals surface area contributed by atoms with E-state index in [1.54, 1.807) is 0 Å². The van der Waals surface area contributed by atoms with Crippen molar-refractivity contribution in [2.75, 3.05) is 18.6 Å². The highest BCUT2D eigenvalue weighted by Crippen LogP contribution is 2.31. The van der Waals surface area contributed by atoms with E-state index in [1.807, 2.05) is 0 Å². The van der Waals surface area contributed by atoms with Gasteiger partial charge in [-0.1, -0.05) is 6.08 Å². The van der Waals surface area contributed by atoms with Gasteiger partial charge in [-0.25, -0.2) is 13.1 Å². The van der Waals surface area contributed by atoms with Gasteiger partial charge in [0, 0.05) is 19.4 Å². The van der Waals surface area contributed by atoms with Crippen LogP contribution in [0.25, 0.3) is 0 Å². The minimum absolute atomic E-state index is 0.0529. The zero-order valence-electron chi connectivity index (χ0n) is 12.0. The summed E-state index contributed by atoms with van der Waals surface area (Å²) in [5.74, 6) is -0.575. The second-order valence-electron chi connectivity index (χ2n) is 4.60. The smallest absolute Gasteiger partial charge is 0.244 e. The Morgan fingerprint density at radius 1 is 1.32 bits per heavy atom. The predicted molar refractivity (Wildman–Crippen MR) is 80.1 cm³/mol. The van der Waals surface area contributed by atoms with E-state index in [1.165, 1.54) is 31.4 Å². The Hall–Kier alpha value is -2.19. The van der Waals surface area contributed by atoms with Crippen molar-refractivity contribution in [3.05, 3.63) is 30.9 Å². The van der Waals surface area contributed by atoms with Gasteiger partial charge in [-0.3, -0.25) is 14.5 Å². The van der Waals surface area contributed by atoms with Gasteiger partial charge in [-0.05, 0) is 18.2 Å². The summed E-state index contributed by atoms with van der Waals surface area (Å²) in [5.41, 5.74) is 0.215. The van der Waals surface area contributed by atoms with E-state index < -0.39 is 10.0 Å². The monoisotopic (exact) mass is 324 g/mol. The van der Waals surface area contributed by atoms with Gasteiger partial charge in [0.05, 0.1) is 12.8 Å². The normalized spacial score (nSPS) is 15.2. The number of hydrogen-bond donors (Lipinski definition) is 1. The van der Waals surface area contributed by atoms with E-state index in [4.69, 9.17) is 4.74 Å². The third kappa shape index (κ3) is 3.02. The van der Waals surface area contributed by atoms with E-state index in [0.29, 0.717) is 0 Å². The molecule has 0 aromatic heterocycles. The van der Waals surface area contributed by atoms with Gasteiger partial charge >= 0.3 is 0 Å². The van der Waals surface area contributed by atoms with Crippen LogP contribution in [0, 0.1) is 0 Å². The molecule has 118 valence electrons. The number of amides is 2. The molecular formula is C14H16N2O5S. The maximum absolute atomic E-state index is 12.3. The first kappa shape index (κ1) is 16.2. The highest BCUT2D eigenvalue weighted by Gasteiger charge is 2.31. The summed E-state index contributed by atoms with van der Waals surface area (Å²) in [6, 6.07) is 4.15. The van der Waals surface area contributed by atoms with E-state index >= 15 is 0 Å². The van der Waals surface area contributed by atoms with Crippen molar-refractivity contribution >= 4 is 27.5 Å². The first-order valence-corrected chi connectivity index (χ1v) is 8.03. The van der Waals surface area contributed by atoms with Gasteiger partial charge in [-0.15, -0.1) is 6.58 Å². The third-order valence-electron chi connectivity index (χ3n) is 3.16. The molecule has 1 aromatic carbocycles. The Kier molecular flexibility index (Phi) is 4.62. The molecule has 0 spiro atoms. The molecule has 1 aliphatic heterocycles. The molecule has 7 nitrogen and oxygen atoms in total. The molecule has 0 radical (unpaired) electrons. The molecule has 1 saturated heterocycles. The standard InChI is InChI=1S/C14H16N2O5S/c1-3-8-15-22(19,20)12-9-10(4-5-11(12)21-2)16-13(17)6-7-14(16)18/h3-5,9,15H,1,6-8H2,2H3. The summed E-state index contributed by atoms with van der Waals surface area (Å²) < 4.78 is 31.9. The number of ether oxygens (including phenoxy) is 1. The Morgan fingerprint density at radius 2 is 1.95 bits per heavy atom. The highest BCUT2D eigenvalue weighted by atomic mass is 32.2. The van der Waals surface area contributed by atoms with Crippen molar-refractivity contribution in [2.45, 2.75) is 17.7 Å². The lowest BCUT2D eigenvalue weighted by atomic mass is 10.2. The fourth-order valence-corrected chi connectivity index (χ4v) is 3.31. The number of hydrogen-bond acceptors (Lipinski definition) is 5. The number of rotatable bonds is 6. The van der Waals surface area contributed by atoms with E-state index in [-0.39, 0.29) is 47.5 Å². The van der Waals surface area contributed by atoms with Crippen molar-refractivity contribution in [3.8, 4) is 5.75 Å². The Labute approximate surface area is 128 Å². The van der Waals surface area contributed by atoms with Crippen LogP contribution in [-0.2, 0) is 19.6 Å². The maximum Gasteiger partial charge on any atom is 0.244 e. The maximum atomic E-state index is 12.3. The van der Waals surface area contributed by atoms with Crippen LogP contribution in [-0.4, -0.2) is 33.9 Å². The molecule has 2 rings (SSSR count). The summed E-state index contributed by atoms with van der Waals surface area (Å²) in [6.45, 7) is 3.50. The van der Waals surface area contributed by atoms with Crippen molar-refractivity contribution < 1.29 is 22.7 Å². The summed E-state index contributed by atoms with van der Waals surface area (Å²) in [5, 5.41) is 0. The van der Waals surface area contributed by atoms with Gasteiger partial charge in [0.2, 0.25) is 21.8 Å². The molecule has 1 heterocycles. The van der Waals surface area contributed by atoms with Gasteiger partial charge in [0.15, 0.2) is 0 Å². The van der Waals surface area contributed by atoms with Crippen molar-refractivity contribution in [1.29, 1.82) is 0 Å². The van der Waals surface area contributed by atoms with Crippen molar-refractivity contribution in [2.24, 2.45) is 0 Å². The van der Waals surface area contributed by atoms with Gasteiger partial charge in [-0.2, -0.15) is 0 Å². The van der Waals surface area contributed by atoms with Gasteiger partial charge in [0.25, 0.3) is 0 Å². The molecule has 0 bridgehead atoms. The third-order valence-corrected chi connectivity index (χ3v) is 4.61. The Balaban J connectivity index is 2.49. The van der Waals surface area contributed by atoms with Crippen LogP contribution in [0.1, 0.15) is 12.8 Å². The number of sulfonamides is 1. The van der Waals surface area contributed by atoms with Crippen LogP contribution in [0.2, 0.25) is 0 Å². The summed E-state index contributed by atoms with van der Waals surface area (Å²) >= 11 is 0. The first-order valence-electron chi connectivity index (χ1n) is 6.55. The topological polar surface area (TPSA) is 92.8 Å². The zero-order valence-corrected chi connectivity index (χ0v) is 12.9. The number of imide groups is 1. The van der Waals surface area contributed by atoms with Crippen LogP contribution < -0.4 is 14.4 Å². The number of carbonyl (C=O) groups is 2. The molecule has 2 amide bonds. The van der Waals surface area contributed by atoms with Crippen LogP contribution in [0.15, 0.2) is 35.7 Å².